The first-order chi connectivity index (χ1) is 8.67. The van der Waals surface area contributed by atoms with E-state index >= 15 is 0 Å². The first kappa shape index (κ1) is 14.7. The molecule has 0 spiro atoms. The second kappa shape index (κ2) is 5.76. The minimum atomic E-state index is -0.385. The fourth-order valence-electron chi connectivity index (χ4n) is 2.39. The molecule has 2 aromatic rings. The van der Waals surface area contributed by atoms with Gasteiger partial charge in [-0.1, -0.05) is 24.1 Å². The van der Waals surface area contributed by atoms with Gasteiger partial charge in [-0.15, -0.1) is 12.4 Å². The highest BCUT2D eigenvalue weighted by Crippen LogP contribution is 2.35. The van der Waals surface area contributed by atoms with Crippen molar-refractivity contribution in [2.24, 2.45) is 5.73 Å². The highest BCUT2D eigenvalue weighted by molar-refractivity contribution is 14.1. The Bertz CT molecular complexity index is 567. The standard InChI is InChI=1S/C13H14IN3O.ClH/c14-10-5-3-4-9(8-10)11-16-12(17-18-11)13(15)6-1-2-7-13;/h3-5,8H,1-2,6-7,15H2;1H. The number of rotatable bonds is 2. The minimum Gasteiger partial charge on any atom is -0.334 e. The summed E-state index contributed by atoms with van der Waals surface area (Å²) in [6.45, 7) is 0. The molecule has 0 amide bonds. The van der Waals surface area contributed by atoms with Crippen LogP contribution in [0.4, 0.5) is 0 Å². The molecule has 0 bridgehead atoms. The molecule has 0 saturated heterocycles. The molecule has 3 rings (SSSR count). The predicted octanol–water partition coefficient (Wildman–Crippen LogP) is 3.49. The normalized spacial score (nSPS) is 17.2. The van der Waals surface area contributed by atoms with E-state index in [2.05, 4.69) is 32.7 Å². The molecule has 0 radical (unpaired) electrons. The molecule has 2 N–H and O–H groups in total. The van der Waals surface area contributed by atoms with E-state index in [9.17, 15) is 0 Å². The summed E-state index contributed by atoms with van der Waals surface area (Å²) in [4.78, 5) is 4.47. The Hall–Kier alpha value is -0.660. The van der Waals surface area contributed by atoms with Crippen LogP contribution in [0.2, 0.25) is 0 Å². The molecule has 6 heteroatoms. The smallest absolute Gasteiger partial charge is 0.258 e. The molecule has 1 heterocycles. The molecule has 1 aromatic heterocycles. The van der Waals surface area contributed by atoms with E-state index in [1.54, 1.807) is 0 Å². The first-order valence-electron chi connectivity index (χ1n) is 6.06. The molecule has 1 fully saturated rings. The number of halogens is 2. The molecule has 102 valence electrons. The van der Waals surface area contributed by atoms with Crippen molar-refractivity contribution in [1.82, 2.24) is 10.1 Å². The zero-order chi connectivity index (χ0) is 12.6. The first-order valence-corrected chi connectivity index (χ1v) is 7.14. The highest BCUT2D eigenvalue weighted by Gasteiger charge is 2.36. The van der Waals surface area contributed by atoms with Crippen molar-refractivity contribution in [3.05, 3.63) is 33.7 Å². The lowest BCUT2D eigenvalue weighted by atomic mass is 9.99. The van der Waals surface area contributed by atoms with Gasteiger partial charge in [-0.3, -0.25) is 0 Å². The maximum atomic E-state index is 6.32. The molecular weight excluding hydrogens is 377 g/mol. The van der Waals surface area contributed by atoms with Gasteiger partial charge in [0.15, 0.2) is 5.82 Å². The lowest BCUT2D eigenvalue weighted by molar-refractivity contribution is 0.372. The van der Waals surface area contributed by atoms with Gasteiger partial charge in [0.1, 0.15) is 0 Å². The van der Waals surface area contributed by atoms with Crippen LogP contribution in [0.3, 0.4) is 0 Å². The summed E-state index contributed by atoms with van der Waals surface area (Å²) >= 11 is 2.27. The third-order valence-corrected chi connectivity index (χ3v) is 4.11. The van der Waals surface area contributed by atoms with Gasteiger partial charge < -0.3 is 10.3 Å². The molecule has 1 saturated carbocycles. The summed E-state index contributed by atoms with van der Waals surface area (Å²) in [5.41, 5.74) is 6.88. The van der Waals surface area contributed by atoms with Crippen LogP contribution in [0.25, 0.3) is 11.5 Å². The summed E-state index contributed by atoms with van der Waals surface area (Å²) in [6, 6.07) is 8.00. The minimum absolute atomic E-state index is 0. The monoisotopic (exact) mass is 391 g/mol. The third kappa shape index (κ3) is 2.93. The van der Waals surface area contributed by atoms with Crippen LogP contribution < -0.4 is 5.73 Å². The maximum absolute atomic E-state index is 6.32. The number of aromatic nitrogens is 2. The van der Waals surface area contributed by atoms with Gasteiger partial charge in [-0.05, 0) is 53.6 Å². The number of nitrogens with zero attached hydrogens (tertiary/aromatic N) is 2. The number of benzene rings is 1. The summed E-state index contributed by atoms with van der Waals surface area (Å²) in [5.74, 6) is 1.20. The van der Waals surface area contributed by atoms with Crippen LogP contribution >= 0.6 is 35.0 Å². The van der Waals surface area contributed by atoms with Crippen molar-refractivity contribution < 1.29 is 4.52 Å². The average Bonchev–Trinajstić information content (AvgIpc) is 2.98. The van der Waals surface area contributed by atoms with Gasteiger partial charge in [0, 0.05) is 9.13 Å². The summed E-state index contributed by atoms with van der Waals surface area (Å²) < 4.78 is 6.49. The van der Waals surface area contributed by atoms with Gasteiger partial charge >= 0.3 is 0 Å². The molecule has 4 nitrogen and oxygen atoms in total. The van der Waals surface area contributed by atoms with Crippen molar-refractivity contribution >= 4 is 35.0 Å². The molecule has 19 heavy (non-hydrogen) atoms. The average molecular weight is 392 g/mol. The van der Waals surface area contributed by atoms with Crippen LogP contribution in [0.15, 0.2) is 28.8 Å². The predicted molar refractivity (Wildman–Crippen MR) is 84.0 cm³/mol. The van der Waals surface area contributed by atoms with Crippen LogP contribution in [-0.2, 0) is 5.54 Å². The van der Waals surface area contributed by atoms with Crippen molar-refractivity contribution in [2.45, 2.75) is 31.2 Å². The summed E-state index contributed by atoms with van der Waals surface area (Å²) in [6.07, 6.45) is 4.17. The third-order valence-electron chi connectivity index (χ3n) is 3.44. The van der Waals surface area contributed by atoms with Gasteiger partial charge in [0.05, 0.1) is 5.54 Å². The number of hydrogen-bond acceptors (Lipinski definition) is 4. The Morgan fingerprint density at radius 1 is 1.26 bits per heavy atom. The largest absolute Gasteiger partial charge is 0.334 e. The summed E-state index contributed by atoms with van der Waals surface area (Å²) in [7, 11) is 0. The van der Waals surface area contributed by atoms with Gasteiger partial charge in [-0.25, -0.2) is 0 Å². The maximum Gasteiger partial charge on any atom is 0.258 e. The van der Waals surface area contributed by atoms with E-state index in [-0.39, 0.29) is 17.9 Å². The second-order valence-corrected chi connectivity index (χ2v) is 6.04. The molecule has 0 unspecified atom stereocenters. The van der Waals surface area contributed by atoms with E-state index in [1.807, 2.05) is 24.3 Å². The Balaban J connectivity index is 0.00000133. The molecule has 0 atom stereocenters. The Morgan fingerprint density at radius 2 is 2.00 bits per heavy atom. The van der Waals surface area contributed by atoms with E-state index in [0.717, 1.165) is 34.8 Å². The van der Waals surface area contributed by atoms with Gasteiger partial charge in [-0.2, -0.15) is 4.98 Å². The SMILES string of the molecule is Cl.NC1(c2noc(-c3cccc(I)c3)n2)CCCC1. The number of hydrogen-bond donors (Lipinski definition) is 1. The van der Waals surface area contributed by atoms with Gasteiger partial charge in [0.2, 0.25) is 0 Å². The van der Waals surface area contributed by atoms with Crippen molar-refractivity contribution in [3.63, 3.8) is 0 Å². The van der Waals surface area contributed by atoms with E-state index in [4.69, 9.17) is 10.3 Å². The van der Waals surface area contributed by atoms with Crippen LogP contribution in [0.5, 0.6) is 0 Å². The Morgan fingerprint density at radius 3 is 2.68 bits per heavy atom. The fraction of sp³-hybridized carbons (Fsp3) is 0.385. The molecule has 1 aliphatic carbocycles. The van der Waals surface area contributed by atoms with Gasteiger partial charge in [0.25, 0.3) is 5.89 Å². The van der Waals surface area contributed by atoms with Crippen molar-refractivity contribution in [1.29, 1.82) is 0 Å². The zero-order valence-corrected chi connectivity index (χ0v) is 13.3. The molecule has 1 aliphatic rings. The fourth-order valence-corrected chi connectivity index (χ4v) is 2.94. The van der Waals surface area contributed by atoms with Crippen LogP contribution in [0, 0.1) is 3.57 Å². The zero-order valence-electron chi connectivity index (χ0n) is 10.3. The molecule has 0 aliphatic heterocycles. The van der Waals surface area contributed by atoms with Crippen LogP contribution in [0.1, 0.15) is 31.5 Å². The number of nitrogens with two attached hydrogens (primary N) is 1. The Labute approximate surface area is 131 Å². The lowest BCUT2D eigenvalue weighted by Gasteiger charge is -2.17. The highest BCUT2D eigenvalue weighted by atomic mass is 127. The van der Waals surface area contributed by atoms with Crippen LogP contribution in [-0.4, -0.2) is 10.1 Å². The van der Waals surface area contributed by atoms with E-state index in [0.29, 0.717) is 11.7 Å². The lowest BCUT2D eigenvalue weighted by Crippen LogP contribution is -2.34. The second-order valence-electron chi connectivity index (χ2n) is 4.80. The topological polar surface area (TPSA) is 64.9 Å². The Kier molecular flexibility index (Phi) is 4.47. The van der Waals surface area contributed by atoms with E-state index < -0.39 is 0 Å². The summed E-state index contributed by atoms with van der Waals surface area (Å²) in [5, 5.41) is 4.06. The quantitative estimate of drug-likeness (QED) is 0.796. The molecular formula is C13H15ClIN3O. The molecule has 1 aromatic carbocycles. The van der Waals surface area contributed by atoms with E-state index in [1.165, 1.54) is 0 Å². The van der Waals surface area contributed by atoms with Crippen molar-refractivity contribution in [2.75, 3.05) is 0 Å². The van der Waals surface area contributed by atoms with Crippen molar-refractivity contribution in [3.8, 4) is 11.5 Å².